The highest BCUT2D eigenvalue weighted by Gasteiger charge is 2.42. The molecule has 4 rings (SSSR count). The van der Waals surface area contributed by atoms with Crippen molar-refractivity contribution < 1.29 is 4.57 Å². The van der Waals surface area contributed by atoms with Crippen molar-refractivity contribution in [3.8, 4) is 5.69 Å². The molecule has 0 bridgehead atoms. The summed E-state index contributed by atoms with van der Waals surface area (Å²) in [6.07, 6.45) is 23.1. The maximum absolute atomic E-state index is 3.72. The van der Waals surface area contributed by atoms with Crippen LogP contribution in [-0.2, 0) is 11.8 Å². The zero-order valence-corrected chi connectivity index (χ0v) is 25.7. The van der Waals surface area contributed by atoms with Crippen LogP contribution < -0.4 is 4.57 Å². The van der Waals surface area contributed by atoms with Gasteiger partial charge in [0.05, 0.1) is 5.92 Å². The fourth-order valence-electron chi connectivity index (χ4n) is 6.64. The minimum absolute atomic E-state index is 0.0538. The van der Waals surface area contributed by atoms with E-state index in [9.17, 15) is 0 Å². The Hall–Kier alpha value is -3.13. The van der Waals surface area contributed by atoms with Gasteiger partial charge in [-0.1, -0.05) is 170 Å². The molecule has 218 valence electrons. The highest BCUT2D eigenvalue weighted by molar-refractivity contribution is 5.33. The summed E-state index contributed by atoms with van der Waals surface area (Å²) in [5.74, 6) is 1.66. The van der Waals surface area contributed by atoms with Gasteiger partial charge in [0.25, 0.3) is 5.82 Å². The van der Waals surface area contributed by atoms with Gasteiger partial charge in [0.1, 0.15) is 18.1 Å². The van der Waals surface area contributed by atoms with E-state index in [1.807, 2.05) is 0 Å². The van der Waals surface area contributed by atoms with Crippen LogP contribution in [0.1, 0.15) is 120 Å². The minimum Gasteiger partial charge on any atom is -0.247 e. The van der Waals surface area contributed by atoms with E-state index >= 15 is 0 Å². The van der Waals surface area contributed by atoms with Crippen molar-refractivity contribution in [3.05, 3.63) is 120 Å². The molecule has 0 aliphatic carbocycles. The summed E-state index contributed by atoms with van der Waals surface area (Å²) in [5.41, 5.74) is 3.99. The Bertz CT molecular complexity index is 1210. The molecule has 3 aromatic carbocycles. The number of unbranched alkanes of at least 4 members (excludes halogenated alkanes) is 11. The first-order chi connectivity index (χ1) is 20.2. The molecule has 1 N–H and O–H groups in total. The second-order valence-corrected chi connectivity index (χ2v) is 12.2. The molecule has 2 heteroatoms. The summed E-state index contributed by atoms with van der Waals surface area (Å²) in [4.78, 5) is 3.72. The van der Waals surface area contributed by atoms with Crippen molar-refractivity contribution in [1.29, 1.82) is 0 Å². The van der Waals surface area contributed by atoms with E-state index in [-0.39, 0.29) is 5.41 Å². The molecule has 1 aromatic heterocycles. The maximum atomic E-state index is 3.72. The van der Waals surface area contributed by atoms with Crippen LogP contribution in [-0.4, -0.2) is 4.98 Å². The van der Waals surface area contributed by atoms with E-state index in [1.54, 1.807) is 0 Å². The molecule has 2 unspecified atom stereocenters. The van der Waals surface area contributed by atoms with Gasteiger partial charge in [-0.15, -0.1) is 0 Å². The van der Waals surface area contributed by atoms with Crippen LogP contribution in [0, 0.1) is 0 Å². The van der Waals surface area contributed by atoms with Crippen molar-refractivity contribution in [3.63, 3.8) is 0 Å². The molecule has 0 radical (unpaired) electrons. The highest BCUT2D eigenvalue weighted by atomic mass is 15.1. The number of aromatic amines is 1. The highest BCUT2D eigenvalue weighted by Crippen LogP contribution is 2.43. The zero-order valence-electron chi connectivity index (χ0n) is 25.7. The molecule has 0 saturated carbocycles. The number of aromatic nitrogens is 2. The first kappa shape index (κ1) is 30.8. The van der Waals surface area contributed by atoms with E-state index in [0.717, 1.165) is 6.42 Å². The smallest absolute Gasteiger partial charge is 0.247 e. The van der Waals surface area contributed by atoms with E-state index < -0.39 is 0 Å². The number of benzene rings is 3. The third-order valence-electron chi connectivity index (χ3n) is 9.04. The van der Waals surface area contributed by atoms with Crippen LogP contribution in [0.2, 0.25) is 0 Å². The van der Waals surface area contributed by atoms with Crippen LogP contribution in [0.5, 0.6) is 0 Å². The lowest BCUT2D eigenvalue weighted by Gasteiger charge is -2.37. The Morgan fingerprint density at radius 2 is 1.15 bits per heavy atom. The second-order valence-electron chi connectivity index (χ2n) is 12.2. The van der Waals surface area contributed by atoms with E-state index in [2.05, 4.69) is 127 Å². The first-order valence-corrected chi connectivity index (χ1v) is 16.5. The fourth-order valence-corrected chi connectivity index (χ4v) is 6.64. The van der Waals surface area contributed by atoms with Crippen molar-refractivity contribution in [1.82, 2.24) is 4.98 Å². The van der Waals surface area contributed by atoms with Gasteiger partial charge >= 0.3 is 0 Å². The number of hydrogen-bond donors (Lipinski definition) is 1. The van der Waals surface area contributed by atoms with E-state index in [4.69, 9.17) is 0 Å². The summed E-state index contributed by atoms with van der Waals surface area (Å²) in [6, 6.07) is 33.1. The number of imidazole rings is 1. The first-order valence-electron chi connectivity index (χ1n) is 16.5. The predicted octanol–water partition coefficient (Wildman–Crippen LogP) is 10.7. The van der Waals surface area contributed by atoms with Crippen LogP contribution in [0.25, 0.3) is 5.69 Å². The third kappa shape index (κ3) is 9.18. The van der Waals surface area contributed by atoms with Gasteiger partial charge in [-0.3, -0.25) is 0 Å². The summed E-state index contributed by atoms with van der Waals surface area (Å²) in [7, 11) is 0. The van der Waals surface area contributed by atoms with Crippen molar-refractivity contribution in [2.75, 3.05) is 0 Å². The predicted molar refractivity (Wildman–Crippen MR) is 175 cm³/mol. The molecule has 0 aliphatic heterocycles. The summed E-state index contributed by atoms with van der Waals surface area (Å²) in [5, 5.41) is 0. The lowest BCUT2D eigenvalue weighted by atomic mass is 9.66. The van der Waals surface area contributed by atoms with Gasteiger partial charge in [-0.25, -0.2) is 4.98 Å². The Morgan fingerprint density at radius 3 is 1.73 bits per heavy atom. The summed E-state index contributed by atoms with van der Waals surface area (Å²) in [6.45, 7) is 4.80. The lowest BCUT2D eigenvalue weighted by molar-refractivity contribution is -0.605. The van der Waals surface area contributed by atoms with Crippen molar-refractivity contribution in [2.24, 2.45) is 0 Å². The van der Waals surface area contributed by atoms with E-state index in [1.165, 1.54) is 106 Å². The molecule has 41 heavy (non-hydrogen) atoms. The molecule has 2 atom stereocenters. The normalized spacial score (nSPS) is 13.6. The largest absolute Gasteiger partial charge is 0.263 e. The van der Waals surface area contributed by atoms with Gasteiger partial charge < -0.3 is 0 Å². The quantitative estimate of drug-likeness (QED) is 0.0886. The van der Waals surface area contributed by atoms with Gasteiger partial charge in [0, 0.05) is 5.41 Å². The molecule has 2 nitrogen and oxygen atoms in total. The Labute approximate surface area is 250 Å². The molecule has 1 heterocycles. The molecule has 0 saturated heterocycles. The van der Waals surface area contributed by atoms with E-state index in [0.29, 0.717) is 5.92 Å². The molecule has 4 aromatic rings. The Balaban J connectivity index is 1.48. The van der Waals surface area contributed by atoms with Crippen LogP contribution in [0.15, 0.2) is 103 Å². The number of hydrogen-bond acceptors (Lipinski definition) is 0. The summed E-state index contributed by atoms with van der Waals surface area (Å²) >= 11 is 0. The monoisotopic (exact) mass is 549 g/mol. The average molecular weight is 550 g/mol. The molecule has 0 amide bonds. The number of nitrogens with one attached hydrogen (secondary N) is 1. The van der Waals surface area contributed by atoms with Crippen molar-refractivity contribution in [2.45, 2.75) is 115 Å². The fraction of sp³-hybridized carbons (Fsp3) is 0.462. The zero-order chi connectivity index (χ0) is 28.6. The Morgan fingerprint density at radius 1 is 0.634 bits per heavy atom. The number of para-hydroxylation sites is 1. The number of H-pyrrole nitrogens is 1. The maximum Gasteiger partial charge on any atom is 0.263 e. The van der Waals surface area contributed by atoms with Gasteiger partial charge in [-0.2, -0.15) is 4.57 Å². The van der Waals surface area contributed by atoms with Gasteiger partial charge in [0.15, 0.2) is 0 Å². The standard InChI is InChI=1S/C39H52N2/c1-3-4-5-6-7-8-9-10-11-12-13-23-30-37(38-40-31-32-41(38)36-28-21-16-22-29-36)39(2,35-26-19-15-20-27-35)33-34-24-17-14-18-25-34/h14-22,24-29,31-32,37H,3-13,23,30,33H2,1-2H3/p+1. The molecule has 0 aliphatic rings. The average Bonchev–Trinajstić information content (AvgIpc) is 3.50. The van der Waals surface area contributed by atoms with Gasteiger partial charge in [-0.05, 0) is 36.1 Å². The topological polar surface area (TPSA) is 19.7 Å². The number of rotatable bonds is 19. The van der Waals surface area contributed by atoms with Crippen molar-refractivity contribution >= 4 is 0 Å². The SMILES string of the molecule is CCCCCCCCCCCCCCC(c1[nH]cc[n+]1-c1ccccc1)C(C)(Cc1ccccc1)c1ccccc1. The van der Waals surface area contributed by atoms with Crippen LogP contribution >= 0.6 is 0 Å². The molecular weight excluding hydrogens is 496 g/mol. The van der Waals surface area contributed by atoms with Crippen LogP contribution in [0.4, 0.5) is 0 Å². The third-order valence-corrected chi connectivity index (χ3v) is 9.04. The lowest BCUT2D eigenvalue weighted by Crippen LogP contribution is -2.42. The molecule has 0 fully saturated rings. The second kappa shape index (κ2) is 17.0. The minimum atomic E-state index is -0.0538. The Kier molecular flexibility index (Phi) is 12.8. The summed E-state index contributed by atoms with van der Waals surface area (Å²) < 4.78 is 2.39. The number of nitrogens with zero attached hydrogens (tertiary/aromatic N) is 1. The van der Waals surface area contributed by atoms with Gasteiger partial charge in [0.2, 0.25) is 0 Å². The van der Waals surface area contributed by atoms with Crippen LogP contribution in [0.3, 0.4) is 0 Å². The molecular formula is C39H53N2+. The molecule has 0 spiro atoms.